The van der Waals surface area contributed by atoms with E-state index in [1.807, 2.05) is 24.4 Å². The van der Waals surface area contributed by atoms with Crippen LogP contribution in [-0.2, 0) is 13.1 Å². The van der Waals surface area contributed by atoms with Gasteiger partial charge in [-0.25, -0.2) is 9.67 Å². The van der Waals surface area contributed by atoms with E-state index in [0.717, 1.165) is 35.6 Å². The standard InChI is InChI=1S/C21H22N6/c1-15-7-8-17(9-16(15)2)21-19(12-24-26-21)11-22-10-18-5-3-4-6-20(18)27-14-23-13-25-27/h3-9,12-14,22H,10-11H2,1-2H3,(H,24,26). The van der Waals surface area contributed by atoms with Gasteiger partial charge in [-0.05, 0) is 42.7 Å². The topological polar surface area (TPSA) is 71.4 Å². The highest BCUT2D eigenvalue weighted by Crippen LogP contribution is 2.23. The second-order valence-corrected chi connectivity index (χ2v) is 6.64. The Hall–Kier alpha value is -3.25. The molecule has 2 aromatic carbocycles. The van der Waals surface area contributed by atoms with Crippen LogP contribution in [0.5, 0.6) is 0 Å². The van der Waals surface area contributed by atoms with Crippen molar-refractivity contribution in [2.75, 3.05) is 0 Å². The molecule has 136 valence electrons. The number of aromatic nitrogens is 5. The van der Waals surface area contributed by atoms with Crippen LogP contribution in [0.25, 0.3) is 16.9 Å². The minimum atomic E-state index is 0.727. The van der Waals surface area contributed by atoms with Crippen LogP contribution < -0.4 is 5.32 Å². The molecule has 0 saturated carbocycles. The molecule has 4 rings (SSSR count). The molecule has 0 fully saturated rings. The number of nitrogens with one attached hydrogen (secondary N) is 2. The summed E-state index contributed by atoms with van der Waals surface area (Å²) in [6.07, 6.45) is 5.15. The Morgan fingerprint density at radius 3 is 2.67 bits per heavy atom. The second-order valence-electron chi connectivity index (χ2n) is 6.64. The van der Waals surface area contributed by atoms with Gasteiger partial charge in [0.25, 0.3) is 0 Å². The molecule has 0 spiro atoms. The van der Waals surface area contributed by atoms with Gasteiger partial charge in [-0.1, -0.05) is 30.3 Å². The summed E-state index contributed by atoms with van der Waals surface area (Å²) in [5.41, 5.74) is 8.15. The zero-order valence-corrected chi connectivity index (χ0v) is 15.5. The van der Waals surface area contributed by atoms with Crippen LogP contribution in [-0.4, -0.2) is 25.0 Å². The van der Waals surface area contributed by atoms with E-state index in [4.69, 9.17) is 0 Å². The van der Waals surface area contributed by atoms with E-state index >= 15 is 0 Å². The maximum atomic E-state index is 4.25. The third-order valence-electron chi connectivity index (χ3n) is 4.80. The van der Waals surface area contributed by atoms with Crippen molar-refractivity contribution in [1.29, 1.82) is 0 Å². The largest absolute Gasteiger partial charge is 0.308 e. The first-order valence-corrected chi connectivity index (χ1v) is 8.96. The summed E-state index contributed by atoms with van der Waals surface area (Å²) >= 11 is 0. The van der Waals surface area contributed by atoms with Gasteiger partial charge in [0, 0.05) is 24.2 Å². The minimum Gasteiger partial charge on any atom is -0.308 e. The molecule has 0 radical (unpaired) electrons. The van der Waals surface area contributed by atoms with Gasteiger partial charge in [-0.3, -0.25) is 5.10 Å². The van der Waals surface area contributed by atoms with E-state index in [-0.39, 0.29) is 0 Å². The number of aromatic amines is 1. The summed E-state index contributed by atoms with van der Waals surface area (Å²) in [5.74, 6) is 0. The lowest BCUT2D eigenvalue weighted by molar-refractivity contribution is 0.687. The Kier molecular flexibility index (Phi) is 4.80. The third kappa shape index (κ3) is 3.66. The van der Waals surface area contributed by atoms with E-state index in [1.165, 1.54) is 16.7 Å². The Labute approximate surface area is 158 Å². The van der Waals surface area contributed by atoms with E-state index in [2.05, 4.69) is 63.7 Å². The van der Waals surface area contributed by atoms with Gasteiger partial charge < -0.3 is 5.32 Å². The number of hydrogen-bond acceptors (Lipinski definition) is 4. The average Bonchev–Trinajstić information content (AvgIpc) is 3.36. The van der Waals surface area contributed by atoms with E-state index in [0.29, 0.717) is 0 Å². The van der Waals surface area contributed by atoms with Crippen LogP contribution in [0.3, 0.4) is 0 Å². The number of hydrogen-bond donors (Lipinski definition) is 2. The second kappa shape index (κ2) is 7.55. The number of nitrogens with zero attached hydrogens (tertiary/aromatic N) is 4. The lowest BCUT2D eigenvalue weighted by Gasteiger charge is -2.11. The summed E-state index contributed by atoms with van der Waals surface area (Å²) < 4.78 is 1.79. The van der Waals surface area contributed by atoms with Gasteiger partial charge in [0.2, 0.25) is 0 Å². The average molecular weight is 358 g/mol. The van der Waals surface area contributed by atoms with E-state index < -0.39 is 0 Å². The zero-order valence-electron chi connectivity index (χ0n) is 15.5. The van der Waals surface area contributed by atoms with E-state index in [1.54, 1.807) is 17.3 Å². The first-order chi connectivity index (χ1) is 13.2. The summed E-state index contributed by atoms with van der Waals surface area (Å²) in [6.45, 7) is 5.72. The Morgan fingerprint density at radius 1 is 1.00 bits per heavy atom. The van der Waals surface area contributed by atoms with Crippen LogP contribution in [0.15, 0.2) is 61.3 Å². The van der Waals surface area contributed by atoms with Gasteiger partial charge in [-0.15, -0.1) is 0 Å². The minimum absolute atomic E-state index is 0.727. The van der Waals surface area contributed by atoms with Crippen molar-refractivity contribution in [3.05, 3.63) is 83.6 Å². The van der Waals surface area contributed by atoms with Gasteiger partial charge in [0.15, 0.2) is 0 Å². The van der Waals surface area contributed by atoms with Gasteiger partial charge in [-0.2, -0.15) is 10.2 Å². The van der Waals surface area contributed by atoms with Crippen molar-refractivity contribution in [3.8, 4) is 16.9 Å². The highest BCUT2D eigenvalue weighted by Gasteiger charge is 2.09. The number of para-hydroxylation sites is 1. The van der Waals surface area contributed by atoms with Crippen LogP contribution in [0.2, 0.25) is 0 Å². The fraction of sp³-hybridized carbons (Fsp3) is 0.190. The molecular weight excluding hydrogens is 336 g/mol. The first-order valence-electron chi connectivity index (χ1n) is 8.96. The molecule has 6 heteroatoms. The molecule has 6 nitrogen and oxygen atoms in total. The molecule has 2 aromatic heterocycles. The van der Waals surface area contributed by atoms with Crippen molar-refractivity contribution < 1.29 is 0 Å². The van der Waals surface area contributed by atoms with Crippen LogP contribution in [0.1, 0.15) is 22.3 Å². The Balaban J connectivity index is 1.49. The lowest BCUT2D eigenvalue weighted by atomic mass is 10.0. The maximum absolute atomic E-state index is 4.25. The number of H-pyrrole nitrogens is 1. The van der Waals surface area contributed by atoms with Crippen molar-refractivity contribution in [3.63, 3.8) is 0 Å². The molecule has 0 aliphatic rings. The summed E-state index contributed by atoms with van der Waals surface area (Å²) in [7, 11) is 0. The van der Waals surface area contributed by atoms with Crippen LogP contribution >= 0.6 is 0 Å². The SMILES string of the molecule is Cc1ccc(-c2[nH]ncc2CNCc2ccccc2-n2cncn2)cc1C. The smallest absolute Gasteiger partial charge is 0.138 e. The molecule has 2 heterocycles. The third-order valence-corrected chi connectivity index (χ3v) is 4.80. The van der Waals surface area contributed by atoms with Crippen LogP contribution in [0.4, 0.5) is 0 Å². The van der Waals surface area contributed by atoms with E-state index in [9.17, 15) is 0 Å². The molecule has 4 aromatic rings. The highest BCUT2D eigenvalue weighted by molar-refractivity contribution is 5.64. The molecule has 2 N–H and O–H groups in total. The van der Waals surface area contributed by atoms with Crippen molar-refractivity contribution in [2.45, 2.75) is 26.9 Å². The van der Waals surface area contributed by atoms with Gasteiger partial charge in [0.1, 0.15) is 12.7 Å². The number of rotatable bonds is 6. The molecule has 0 aliphatic heterocycles. The van der Waals surface area contributed by atoms with Crippen molar-refractivity contribution >= 4 is 0 Å². The molecule has 27 heavy (non-hydrogen) atoms. The summed E-state index contributed by atoms with van der Waals surface area (Å²) in [6, 6.07) is 14.7. The zero-order chi connectivity index (χ0) is 18.6. The molecule has 0 bridgehead atoms. The van der Waals surface area contributed by atoms with Crippen molar-refractivity contribution in [2.24, 2.45) is 0 Å². The van der Waals surface area contributed by atoms with Crippen LogP contribution in [0, 0.1) is 13.8 Å². The summed E-state index contributed by atoms with van der Waals surface area (Å²) in [4.78, 5) is 4.04. The fourth-order valence-electron chi connectivity index (χ4n) is 3.14. The molecule has 0 amide bonds. The van der Waals surface area contributed by atoms with Gasteiger partial charge in [0.05, 0.1) is 17.6 Å². The molecule has 0 atom stereocenters. The quantitative estimate of drug-likeness (QED) is 0.553. The normalized spacial score (nSPS) is 11.0. The number of aryl methyl sites for hydroxylation is 2. The molecule has 0 aliphatic carbocycles. The highest BCUT2D eigenvalue weighted by atomic mass is 15.3. The first kappa shape index (κ1) is 17.2. The maximum Gasteiger partial charge on any atom is 0.138 e. The predicted molar refractivity (Wildman–Crippen MR) is 105 cm³/mol. The number of benzene rings is 2. The van der Waals surface area contributed by atoms with Crippen molar-refractivity contribution in [1.82, 2.24) is 30.3 Å². The summed E-state index contributed by atoms with van der Waals surface area (Å²) in [5, 5.41) is 15.1. The molecule has 0 saturated heterocycles. The Bertz CT molecular complexity index is 1030. The lowest BCUT2D eigenvalue weighted by Crippen LogP contribution is -2.15. The van der Waals surface area contributed by atoms with Gasteiger partial charge >= 0.3 is 0 Å². The molecule has 0 unspecified atom stereocenters. The molecular formula is C21H22N6. The predicted octanol–water partition coefficient (Wildman–Crippen LogP) is 3.56. The fourth-order valence-corrected chi connectivity index (χ4v) is 3.14. The Morgan fingerprint density at radius 2 is 1.85 bits per heavy atom. The monoisotopic (exact) mass is 358 g/mol.